The number of nitrogens with two attached hydrogens (primary N) is 1. The summed E-state index contributed by atoms with van der Waals surface area (Å²) < 4.78 is 0. The molecule has 0 saturated heterocycles. The van der Waals surface area contributed by atoms with Crippen molar-refractivity contribution >= 4 is 12.4 Å². The van der Waals surface area contributed by atoms with Gasteiger partial charge in [-0.3, -0.25) is 0 Å². The number of rotatable bonds is 7. The van der Waals surface area contributed by atoms with Crippen LogP contribution in [0.4, 0.5) is 0 Å². The minimum atomic E-state index is -0.492. The van der Waals surface area contributed by atoms with Crippen molar-refractivity contribution in [2.45, 2.75) is 32.4 Å². The molecule has 2 unspecified atom stereocenters. The van der Waals surface area contributed by atoms with Crippen LogP contribution in [0.3, 0.4) is 0 Å². The van der Waals surface area contributed by atoms with Gasteiger partial charge < -0.3 is 16.2 Å². The van der Waals surface area contributed by atoms with Crippen LogP contribution in [0.2, 0.25) is 0 Å². The van der Waals surface area contributed by atoms with Crippen LogP contribution in [0.25, 0.3) is 0 Å². The van der Waals surface area contributed by atoms with Gasteiger partial charge in [-0.05, 0) is 24.4 Å². The van der Waals surface area contributed by atoms with Gasteiger partial charge in [-0.15, -0.1) is 12.4 Å². The fourth-order valence-electron chi connectivity index (χ4n) is 1.69. The Hall–Kier alpha value is -0.610. The molecule has 0 heterocycles. The smallest absolute Gasteiger partial charge is 0.0818 e. The Bertz CT molecular complexity index is 306. The second-order valence-electron chi connectivity index (χ2n) is 4.97. The summed E-state index contributed by atoms with van der Waals surface area (Å²) in [5.74, 6) is 0.590. The Morgan fingerprint density at radius 1 is 1.17 bits per heavy atom. The molecule has 18 heavy (non-hydrogen) atoms. The molecule has 4 heteroatoms. The van der Waals surface area contributed by atoms with E-state index in [4.69, 9.17) is 5.73 Å². The minimum absolute atomic E-state index is 0. The molecule has 4 N–H and O–H groups in total. The second kappa shape index (κ2) is 9.34. The number of halogens is 1. The standard InChI is InChI=1S/C14H24N2O.ClH/c1-11(2)9-16-10-14(17)13(15)8-12-6-4-3-5-7-12;/h3-7,11,13-14,16-17H,8-10,15H2,1-2H3;1H. The summed E-state index contributed by atoms with van der Waals surface area (Å²) in [5, 5.41) is 13.1. The first-order valence-electron chi connectivity index (χ1n) is 6.28. The van der Waals surface area contributed by atoms with Crippen molar-refractivity contribution in [1.29, 1.82) is 0 Å². The van der Waals surface area contributed by atoms with Crippen LogP contribution < -0.4 is 11.1 Å². The van der Waals surface area contributed by atoms with E-state index < -0.39 is 6.10 Å². The third kappa shape index (κ3) is 6.97. The molecule has 0 aliphatic rings. The molecule has 0 radical (unpaired) electrons. The van der Waals surface area contributed by atoms with Crippen LogP contribution in [0.15, 0.2) is 30.3 Å². The molecule has 0 amide bonds. The third-order valence-corrected chi connectivity index (χ3v) is 2.71. The van der Waals surface area contributed by atoms with E-state index in [1.807, 2.05) is 30.3 Å². The van der Waals surface area contributed by atoms with E-state index in [-0.39, 0.29) is 18.4 Å². The van der Waals surface area contributed by atoms with Gasteiger partial charge in [0, 0.05) is 12.6 Å². The van der Waals surface area contributed by atoms with Crippen LogP contribution in [0.1, 0.15) is 19.4 Å². The number of hydrogen-bond acceptors (Lipinski definition) is 3. The highest BCUT2D eigenvalue weighted by molar-refractivity contribution is 5.85. The van der Waals surface area contributed by atoms with Gasteiger partial charge in [-0.25, -0.2) is 0 Å². The molecule has 0 aliphatic carbocycles. The molecule has 1 rings (SSSR count). The van der Waals surface area contributed by atoms with E-state index in [9.17, 15) is 5.11 Å². The maximum atomic E-state index is 9.90. The summed E-state index contributed by atoms with van der Waals surface area (Å²) in [6.07, 6.45) is 0.222. The highest BCUT2D eigenvalue weighted by Gasteiger charge is 2.14. The van der Waals surface area contributed by atoms with E-state index in [0.717, 1.165) is 6.54 Å². The summed E-state index contributed by atoms with van der Waals surface area (Å²) >= 11 is 0. The predicted octanol–water partition coefficient (Wildman–Crippen LogP) is 1.58. The van der Waals surface area contributed by atoms with Crippen molar-refractivity contribution < 1.29 is 5.11 Å². The van der Waals surface area contributed by atoms with E-state index >= 15 is 0 Å². The van der Waals surface area contributed by atoms with Gasteiger partial charge in [0.1, 0.15) is 0 Å². The zero-order valence-corrected chi connectivity index (χ0v) is 12.0. The molecule has 0 fully saturated rings. The summed E-state index contributed by atoms with van der Waals surface area (Å²) in [6, 6.07) is 9.83. The SMILES string of the molecule is CC(C)CNCC(O)C(N)Cc1ccccc1.Cl. The van der Waals surface area contributed by atoms with Crippen molar-refractivity contribution in [2.75, 3.05) is 13.1 Å². The van der Waals surface area contributed by atoms with Gasteiger partial charge in [0.25, 0.3) is 0 Å². The first-order valence-corrected chi connectivity index (χ1v) is 6.28. The molecular formula is C14H25ClN2O. The van der Waals surface area contributed by atoms with E-state index in [1.165, 1.54) is 5.56 Å². The normalized spacial score (nSPS) is 14.1. The predicted molar refractivity (Wildman–Crippen MR) is 79.1 cm³/mol. The van der Waals surface area contributed by atoms with Crippen LogP contribution in [-0.2, 0) is 6.42 Å². The number of hydrogen-bond donors (Lipinski definition) is 3. The van der Waals surface area contributed by atoms with Crippen molar-refractivity contribution in [2.24, 2.45) is 11.7 Å². The summed E-state index contributed by atoms with van der Waals surface area (Å²) in [5.41, 5.74) is 7.15. The summed E-state index contributed by atoms with van der Waals surface area (Å²) in [6.45, 7) is 5.76. The molecule has 2 atom stereocenters. The lowest BCUT2D eigenvalue weighted by atomic mass is 10.0. The third-order valence-electron chi connectivity index (χ3n) is 2.71. The lowest BCUT2D eigenvalue weighted by Crippen LogP contribution is -2.43. The van der Waals surface area contributed by atoms with Gasteiger partial charge in [0.05, 0.1) is 6.10 Å². The van der Waals surface area contributed by atoms with Crippen molar-refractivity contribution in [3.8, 4) is 0 Å². The highest BCUT2D eigenvalue weighted by Crippen LogP contribution is 2.04. The second-order valence-corrected chi connectivity index (χ2v) is 4.97. The molecule has 1 aromatic rings. The molecular weight excluding hydrogens is 248 g/mol. The van der Waals surface area contributed by atoms with Crippen molar-refractivity contribution in [3.63, 3.8) is 0 Å². The molecule has 1 aromatic carbocycles. The van der Waals surface area contributed by atoms with Crippen molar-refractivity contribution in [3.05, 3.63) is 35.9 Å². The first kappa shape index (κ1) is 17.4. The largest absolute Gasteiger partial charge is 0.390 e. The van der Waals surface area contributed by atoms with E-state index in [0.29, 0.717) is 18.9 Å². The van der Waals surface area contributed by atoms with Crippen LogP contribution in [-0.4, -0.2) is 30.3 Å². The van der Waals surface area contributed by atoms with Crippen molar-refractivity contribution in [1.82, 2.24) is 5.32 Å². The lowest BCUT2D eigenvalue weighted by Gasteiger charge is -2.20. The zero-order valence-electron chi connectivity index (χ0n) is 11.2. The molecule has 3 nitrogen and oxygen atoms in total. The monoisotopic (exact) mass is 272 g/mol. The summed E-state index contributed by atoms with van der Waals surface area (Å²) in [7, 11) is 0. The quantitative estimate of drug-likeness (QED) is 0.706. The average molecular weight is 273 g/mol. The summed E-state index contributed by atoms with van der Waals surface area (Å²) in [4.78, 5) is 0. The maximum absolute atomic E-state index is 9.90. The molecule has 0 aliphatic heterocycles. The molecule has 0 aromatic heterocycles. The fraction of sp³-hybridized carbons (Fsp3) is 0.571. The number of benzene rings is 1. The molecule has 0 spiro atoms. The Morgan fingerprint density at radius 2 is 1.78 bits per heavy atom. The Balaban J connectivity index is 0.00000289. The maximum Gasteiger partial charge on any atom is 0.0818 e. The topological polar surface area (TPSA) is 58.3 Å². The first-order chi connectivity index (χ1) is 8.09. The number of aliphatic hydroxyl groups excluding tert-OH is 1. The molecule has 0 bridgehead atoms. The number of nitrogens with one attached hydrogen (secondary N) is 1. The van der Waals surface area contributed by atoms with Gasteiger partial charge >= 0.3 is 0 Å². The van der Waals surface area contributed by atoms with E-state index in [2.05, 4.69) is 19.2 Å². The Kier molecular flexibility index (Phi) is 9.02. The zero-order chi connectivity index (χ0) is 12.7. The Labute approximate surface area is 116 Å². The van der Waals surface area contributed by atoms with Crippen LogP contribution in [0.5, 0.6) is 0 Å². The van der Waals surface area contributed by atoms with Crippen LogP contribution in [0, 0.1) is 5.92 Å². The van der Waals surface area contributed by atoms with Gasteiger partial charge in [-0.2, -0.15) is 0 Å². The van der Waals surface area contributed by atoms with Gasteiger partial charge in [-0.1, -0.05) is 44.2 Å². The Morgan fingerprint density at radius 3 is 2.33 bits per heavy atom. The average Bonchev–Trinajstić information content (AvgIpc) is 2.29. The lowest BCUT2D eigenvalue weighted by molar-refractivity contribution is 0.141. The van der Waals surface area contributed by atoms with E-state index in [1.54, 1.807) is 0 Å². The fourth-order valence-corrected chi connectivity index (χ4v) is 1.69. The number of aliphatic hydroxyl groups is 1. The molecule has 104 valence electrons. The molecule has 0 saturated carbocycles. The van der Waals surface area contributed by atoms with Crippen LogP contribution >= 0.6 is 12.4 Å². The van der Waals surface area contributed by atoms with Gasteiger partial charge in [0.15, 0.2) is 0 Å². The highest BCUT2D eigenvalue weighted by atomic mass is 35.5. The minimum Gasteiger partial charge on any atom is -0.390 e. The van der Waals surface area contributed by atoms with Gasteiger partial charge in [0.2, 0.25) is 0 Å².